The van der Waals surface area contributed by atoms with Gasteiger partial charge in [0.1, 0.15) is 0 Å². The van der Waals surface area contributed by atoms with Gasteiger partial charge < -0.3 is 0 Å². The van der Waals surface area contributed by atoms with E-state index in [1.54, 1.807) is 5.56 Å². The van der Waals surface area contributed by atoms with Gasteiger partial charge in [0.2, 0.25) is 0 Å². The standard InChI is InChI=1S/C21H37P/c1-3-5-7-9-14-18-22(19-15-10-8-6-4-2)20-21-16-12-11-13-17-21/h11-13,16-17H,3-10,14-15,18-20H2,1-2H3. The molecule has 0 nitrogen and oxygen atoms in total. The van der Waals surface area contributed by atoms with Crippen molar-refractivity contribution in [1.29, 1.82) is 0 Å². The van der Waals surface area contributed by atoms with Crippen molar-refractivity contribution >= 4 is 7.92 Å². The summed E-state index contributed by atoms with van der Waals surface area (Å²) in [7, 11) is 0.221. The van der Waals surface area contributed by atoms with Crippen LogP contribution in [0.3, 0.4) is 0 Å². The summed E-state index contributed by atoms with van der Waals surface area (Å²) in [6, 6.07) is 11.2. The van der Waals surface area contributed by atoms with E-state index < -0.39 is 0 Å². The van der Waals surface area contributed by atoms with E-state index in [0.29, 0.717) is 0 Å². The molecule has 22 heavy (non-hydrogen) atoms. The summed E-state index contributed by atoms with van der Waals surface area (Å²) in [5, 5.41) is 0. The van der Waals surface area contributed by atoms with Gasteiger partial charge in [-0.3, -0.25) is 0 Å². The lowest BCUT2D eigenvalue weighted by atomic mass is 10.2. The fourth-order valence-electron chi connectivity index (χ4n) is 2.99. The zero-order valence-electron chi connectivity index (χ0n) is 15.0. The third kappa shape index (κ3) is 10.4. The molecule has 0 aliphatic carbocycles. The fraction of sp³-hybridized carbons (Fsp3) is 0.714. The van der Waals surface area contributed by atoms with Gasteiger partial charge in [-0.15, -0.1) is 7.92 Å². The highest BCUT2D eigenvalue weighted by atomic mass is 31.1. The summed E-state index contributed by atoms with van der Waals surface area (Å²) in [5.74, 6) is 0. The average molecular weight is 321 g/mol. The predicted octanol–water partition coefficient (Wildman–Crippen LogP) is 7.61. The average Bonchev–Trinajstić information content (AvgIpc) is 2.55. The zero-order valence-corrected chi connectivity index (χ0v) is 15.9. The van der Waals surface area contributed by atoms with Crippen molar-refractivity contribution in [3.8, 4) is 0 Å². The van der Waals surface area contributed by atoms with Gasteiger partial charge in [0.05, 0.1) is 0 Å². The summed E-state index contributed by atoms with van der Waals surface area (Å²) in [6.07, 6.45) is 18.7. The molecule has 0 aromatic heterocycles. The number of hydrogen-bond donors (Lipinski definition) is 0. The normalized spacial score (nSPS) is 11.2. The Hall–Kier alpha value is -0.350. The molecule has 1 aromatic rings. The summed E-state index contributed by atoms with van der Waals surface area (Å²) in [5.41, 5.74) is 1.57. The Balaban J connectivity index is 2.29. The molecule has 0 heterocycles. The van der Waals surface area contributed by atoms with E-state index >= 15 is 0 Å². The molecule has 1 rings (SSSR count). The number of unbranched alkanes of at least 4 members (excludes halogenated alkanes) is 8. The van der Waals surface area contributed by atoms with E-state index in [4.69, 9.17) is 0 Å². The van der Waals surface area contributed by atoms with Crippen molar-refractivity contribution in [1.82, 2.24) is 0 Å². The third-order valence-corrected chi connectivity index (χ3v) is 7.11. The lowest BCUT2D eigenvalue weighted by Gasteiger charge is -2.18. The van der Waals surface area contributed by atoms with Crippen LogP contribution in [0.25, 0.3) is 0 Å². The van der Waals surface area contributed by atoms with Crippen LogP contribution in [0.2, 0.25) is 0 Å². The van der Waals surface area contributed by atoms with E-state index in [1.165, 1.54) is 82.7 Å². The molecule has 0 saturated heterocycles. The van der Waals surface area contributed by atoms with Crippen LogP contribution in [0.4, 0.5) is 0 Å². The molecule has 1 heteroatoms. The van der Waals surface area contributed by atoms with Crippen molar-refractivity contribution in [3.63, 3.8) is 0 Å². The van der Waals surface area contributed by atoms with Crippen LogP contribution in [0.1, 0.15) is 83.6 Å². The minimum absolute atomic E-state index is 0.221. The Bertz CT molecular complexity index is 319. The fourth-order valence-corrected chi connectivity index (χ4v) is 5.60. The van der Waals surface area contributed by atoms with Gasteiger partial charge in [0.25, 0.3) is 0 Å². The van der Waals surface area contributed by atoms with Crippen LogP contribution in [0.5, 0.6) is 0 Å². The molecule has 0 spiro atoms. The topological polar surface area (TPSA) is 0 Å². The first-order valence-electron chi connectivity index (χ1n) is 9.63. The smallest absolute Gasteiger partial charge is 0.00731 e. The lowest BCUT2D eigenvalue weighted by molar-refractivity contribution is 0.652. The summed E-state index contributed by atoms with van der Waals surface area (Å²) < 4.78 is 0. The van der Waals surface area contributed by atoms with E-state index in [0.717, 1.165) is 0 Å². The molecule has 0 N–H and O–H groups in total. The summed E-state index contributed by atoms with van der Waals surface area (Å²) >= 11 is 0. The van der Waals surface area contributed by atoms with Crippen molar-refractivity contribution < 1.29 is 0 Å². The summed E-state index contributed by atoms with van der Waals surface area (Å²) in [4.78, 5) is 0. The molecule has 0 aliphatic rings. The maximum atomic E-state index is 2.32. The monoisotopic (exact) mass is 320 g/mol. The zero-order chi connectivity index (χ0) is 15.9. The molecular weight excluding hydrogens is 283 g/mol. The first-order valence-corrected chi connectivity index (χ1v) is 11.5. The molecule has 0 radical (unpaired) electrons. The first kappa shape index (κ1) is 19.7. The van der Waals surface area contributed by atoms with E-state index in [-0.39, 0.29) is 7.92 Å². The highest BCUT2D eigenvalue weighted by Gasteiger charge is 2.08. The van der Waals surface area contributed by atoms with Crippen LogP contribution in [-0.2, 0) is 6.16 Å². The molecule has 0 amide bonds. The highest BCUT2D eigenvalue weighted by Crippen LogP contribution is 2.41. The highest BCUT2D eigenvalue weighted by molar-refractivity contribution is 7.56. The van der Waals surface area contributed by atoms with Crippen LogP contribution < -0.4 is 0 Å². The maximum absolute atomic E-state index is 2.32. The Morgan fingerprint density at radius 3 is 1.64 bits per heavy atom. The van der Waals surface area contributed by atoms with Crippen molar-refractivity contribution in [2.24, 2.45) is 0 Å². The Morgan fingerprint density at radius 2 is 1.14 bits per heavy atom. The maximum Gasteiger partial charge on any atom is -0.00731 e. The van der Waals surface area contributed by atoms with Crippen LogP contribution >= 0.6 is 7.92 Å². The van der Waals surface area contributed by atoms with Crippen molar-refractivity contribution in [2.45, 2.75) is 84.2 Å². The Morgan fingerprint density at radius 1 is 0.636 bits per heavy atom. The van der Waals surface area contributed by atoms with Gasteiger partial charge in [-0.1, -0.05) is 95.5 Å². The largest absolute Gasteiger partial charge is 0.102 e. The van der Waals surface area contributed by atoms with Crippen LogP contribution in [0.15, 0.2) is 30.3 Å². The van der Waals surface area contributed by atoms with Crippen molar-refractivity contribution in [3.05, 3.63) is 35.9 Å². The van der Waals surface area contributed by atoms with Crippen LogP contribution in [0, 0.1) is 0 Å². The molecule has 0 fully saturated rings. The quantitative estimate of drug-likeness (QED) is 0.244. The summed E-state index contributed by atoms with van der Waals surface area (Å²) in [6.45, 7) is 4.61. The molecule has 1 aromatic carbocycles. The van der Waals surface area contributed by atoms with Gasteiger partial charge in [-0.2, -0.15) is 0 Å². The predicted molar refractivity (Wildman–Crippen MR) is 104 cm³/mol. The van der Waals surface area contributed by atoms with Crippen LogP contribution in [-0.4, -0.2) is 12.3 Å². The van der Waals surface area contributed by atoms with Gasteiger partial charge in [0, 0.05) is 0 Å². The number of benzene rings is 1. The molecule has 126 valence electrons. The van der Waals surface area contributed by atoms with Gasteiger partial charge >= 0.3 is 0 Å². The third-order valence-electron chi connectivity index (χ3n) is 4.40. The molecule has 0 atom stereocenters. The second-order valence-corrected chi connectivity index (χ2v) is 9.14. The van der Waals surface area contributed by atoms with E-state index in [1.807, 2.05) is 0 Å². The minimum atomic E-state index is 0.221. The number of rotatable bonds is 14. The van der Waals surface area contributed by atoms with Gasteiger partial charge in [-0.25, -0.2) is 0 Å². The van der Waals surface area contributed by atoms with Gasteiger partial charge in [0.15, 0.2) is 0 Å². The van der Waals surface area contributed by atoms with E-state index in [9.17, 15) is 0 Å². The Kier molecular flexibility index (Phi) is 12.8. The molecule has 0 unspecified atom stereocenters. The molecule has 0 aliphatic heterocycles. The van der Waals surface area contributed by atoms with Crippen molar-refractivity contribution in [2.75, 3.05) is 12.3 Å². The first-order chi connectivity index (χ1) is 10.9. The Labute approximate surface area is 140 Å². The van der Waals surface area contributed by atoms with E-state index in [2.05, 4.69) is 44.2 Å². The molecule has 0 bridgehead atoms. The molecule has 0 saturated carbocycles. The van der Waals surface area contributed by atoms with Gasteiger partial charge in [-0.05, 0) is 36.9 Å². The second kappa shape index (κ2) is 14.3. The SMILES string of the molecule is CCCCCCCP(CCCCCCC)Cc1ccccc1. The molecular formula is C21H37P. The number of hydrogen-bond acceptors (Lipinski definition) is 0. The second-order valence-electron chi connectivity index (χ2n) is 6.59. The lowest BCUT2D eigenvalue weighted by Crippen LogP contribution is -1.96. The minimum Gasteiger partial charge on any atom is -0.102 e.